The minimum Gasteiger partial charge on any atom is -0.503 e. The fourth-order valence-corrected chi connectivity index (χ4v) is 5.32. The summed E-state index contributed by atoms with van der Waals surface area (Å²) < 4.78 is 11.4. The van der Waals surface area contributed by atoms with Gasteiger partial charge in [0.15, 0.2) is 17.6 Å². The van der Waals surface area contributed by atoms with E-state index in [2.05, 4.69) is 15.9 Å². The number of aromatic hydroxyl groups is 1. The topological polar surface area (TPSA) is 132 Å². The minimum atomic E-state index is -1.18. The van der Waals surface area contributed by atoms with Gasteiger partial charge in [0, 0.05) is 12.1 Å². The van der Waals surface area contributed by atoms with Crippen LogP contribution < -0.4 is 19.4 Å². The van der Waals surface area contributed by atoms with Crippen LogP contribution in [0.25, 0.3) is 0 Å². The molecule has 0 radical (unpaired) electrons. The first-order valence-electron chi connectivity index (χ1n) is 12.2. The normalized spacial score (nSPS) is 20.3. The van der Waals surface area contributed by atoms with E-state index in [1.165, 1.54) is 23.3 Å². The van der Waals surface area contributed by atoms with Crippen LogP contribution in [-0.4, -0.2) is 41.2 Å². The van der Waals surface area contributed by atoms with Crippen LogP contribution in [0.1, 0.15) is 25.5 Å². The monoisotopic (exact) mass is 597 g/mol. The van der Waals surface area contributed by atoms with Crippen LogP contribution in [0.2, 0.25) is 0 Å². The molecule has 0 spiro atoms. The molecular formula is C27H24BrN3O8. The standard InChI is InChI=1S/C27H24BrN3O8/c1-3-37-19-10-8-16(9-11-19)29-26(33)22-23(15-12-20(28)24(32)21(13-15)38-4-2)30(39-25(22)27(29)34)17-6-5-7-18(14-17)31(35)36/h5-14,22-23,25,32H,3-4H2,1-2H3/t22-,23+,25+/m1/s1. The zero-order valence-corrected chi connectivity index (χ0v) is 22.5. The molecule has 5 rings (SSSR count). The number of imide groups is 1. The van der Waals surface area contributed by atoms with Crippen molar-refractivity contribution in [3.8, 4) is 17.2 Å². The highest BCUT2D eigenvalue weighted by Crippen LogP contribution is 2.50. The molecule has 0 aliphatic carbocycles. The van der Waals surface area contributed by atoms with Gasteiger partial charge in [-0.15, -0.1) is 0 Å². The van der Waals surface area contributed by atoms with Crippen molar-refractivity contribution in [1.29, 1.82) is 0 Å². The number of phenols is 1. The van der Waals surface area contributed by atoms with Crippen LogP contribution in [0.4, 0.5) is 17.1 Å². The third-order valence-electron chi connectivity index (χ3n) is 6.51. The van der Waals surface area contributed by atoms with Gasteiger partial charge in [-0.05, 0) is 77.8 Å². The van der Waals surface area contributed by atoms with Crippen molar-refractivity contribution in [2.24, 2.45) is 5.92 Å². The van der Waals surface area contributed by atoms with Gasteiger partial charge in [-0.2, -0.15) is 0 Å². The number of nitrogens with zero attached hydrogens (tertiary/aromatic N) is 3. The molecule has 202 valence electrons. The van der Waals surface area contributed by atoms with E-state index in [0.717, 1.165) is 4.90 Å². The van der Waals surface area contributed by atoms with Crippen molar-refractivity contribution < 1.29 is 33.9 Å². The molecule has 0 unspecified atom stereocenters. The van der Waals surface area contributed by atoms with Gasteiger partial charge in [-0.1, -0.05) is 6.07 Å². The van der Waals surface area contributed by atoms with Gasteiger partial charge in [0.25, 0.3) is 11.6 Å². The molecule has 12 heteroatoms. The van der Waals surface area contributed by atoms with Crippen LogP contribution in [0.3, 0.4) is 0 Å². The van der Waals surface area contributed by atoms with Crippen molar-refractivity contribution in [2.45, 2.75) is 26.0 Å². The first kappa shape index (κ1) is 26.4. The number of nitro benzene ring substituents is 1. The SMILES string of the molecule is CCOc1ccc(N2C(=O)[C@H]3[C@H](ON(c4cccc([N+](=O)[O-])c4)[C@H]3c3cc(Br)c(O)c(OCC)c3)C2=O)cc1. The quantitative estimate of drug-likeness (QED) is 0.218. The molecule has 3 aromatic rings. The Hall–Kier alpha value is -4.16. The molecule has 2 heterocycles. The van der Waals surface area contributed by atoms with Crippen LogP contribution in [0, 0.1) is 16.0 Å². The second-order valence-electron chi connectivity index (χ2n) is 8.82. The number of nitro groups is 1. The lowest BCUT2D eigenvalue weighted by atomic mass is 9.90. The molecular weight excluding hydrogens is 574 g/mol. The van der Waals surface area contributed by atoms with Crippen molar-refractivity contribution in [2.75, 3.05) is 23.2 Å². The molecule has 0 bridgehead atoms. The zero-order chi connectivity index (χ0) is 27.8. The minimum absolute atomic E-state index is 0.122. The van der Waals surface area contributed by atoms with E-state index < -0.39 is 34.8 Å². The molecule has 39 heavy (non-hydrogen) atoms. The number of hydroxylamine groups is 1. The van der Waals surface area contributed by atoms with Gasteiger partial charge in [-0.3, -0.25) is 24.5 Å². The molecule has 1 N–H and O–H groups in total. The predicted octanol–water partition coefficient (Wildman–Crippen LogP) is 4.91. The summed E-state index contributed by atoms with van der Waals surface area (Å²) in [6.45, 7) is 4.36. The molecule has 2 aliphatic rings. The molecule has 0 saturated carbocycles. The molecule has 3 atom stereocenters. The molecule has 3 aromatic carbocycles. The van der Waals surface area contributed by atoms with E-state index in [4.69, 9.17) is 14.3 Å². The van der Waals surface area contributed by atoms with Crippen molar-refractivity contribution in [1.82, 2.24) is 0 Å². The lowest BCUT2D eigenvalue weighted by molar-refractivity contribution is -0.384. The summed E-state index contributed by atoms with van der Waals surface area (Å²) in [5.74, 6) is -1.39. The van der Waals surface area contributed by atoms with E-state index >= 15 is 0 Å². The first-order chi connectivity index (χ1) is 18.7. The second kappa shape index (κ2) is 10.5. The molecule has 2 amide bonds. The van der Waals surface area contributed by atoms with Gasteiger partial charge in [-0.25, -0.2) is 9.96 Å². The van der Waals surface area contributed by atoms with Crippen molar-refractivity contribution >= 4 is 44.8 Å². The smallest absolute Gasteiger partial charge is 0.271 e. The highest BCUT2D eigenvalue weighted by Gasteiger charge is 2.60. The molecule has 2 aliphatic heterocycles. The number of carbonyl (C=O) groups excluding carboxylic acids is 2. The fourth-order valence-electron chi connectivity index (χ4n) is 4.86. The number of halogens is 1. The largest absolute Gasteiger partial charge is 0.503 e. The summed E-state index contributed by atoms with van der Waals surface area (Å²) >= 11 is 3.34. The van der Waals surface area contributed by atoms with Crippen molar-refractivity contribution in [3.63, 3.8) is 0 Å². The molecule has 0 aromatic heterocycles. The van der Waals surface area contributed by atoms with Crippen LogP contribution in [0.15, 0.2) is 65.1 Å². The lowest BCUT2D eigenvalue weighted by Crippen LogP contribution is -2.37. The summed E-state index contributed by atoms with van der Waals surface area (Å²) in [7, 11) is 0. The Bertz CT molecular complexity index is 1450. The van der Waals surface area contributed by atoms with E-state index in [1.807, 2.05) is 6.92 Å². The van der Waals surface area contributed by atoms with E-state index in [1.54, 1.807) is 49.4 Å². The molecule has 2 saturated heterocycles. The Balaban J connectivity index is 1.60. The predicted molar refractivity (Wildman–Crippen MR) is 144 cm³/mol. The number of anilines is 2. The Kier molecular flexibility index (Phi) is 7.15. The van der Waals surface area contributed by atoms with Gasteiger partial charge in [0.1, 0.15) is 11.7 Å². The number of ether oxygens (including phenoxy) is 2. The number of benzene rings is 3. The maximum Gasteiger partial charge on any atom is 0.271 e. The summed E-state index contributed by atoms with van der Waals surface area (Å²) in [4.78, 5) is 45.5. The van der Waals surface area contributed by atoms with Crippen LogP contribution in [-0.2, 0) is 14.4 Å². The number of fused-ring (bicyclic) bond motifs is 1. The second-order valence-corrected chi connectivity index (χ2v) is 9.68. The summed E-state index contributed by atoms with van der Waals surface area (Å²) in [5, 5.41) is 23.3. The summed E-state index contributed by atoms with van der Waals surface area (Å²) in [5.41, 5.74) is 0.979. The summed E-state index contributed by atoms with van der Waals surface area (Å²) in [6.07, 6.45) is -1.18. The number of rotatable bonds is 8. The number of carbonyl (C=O) groups is 2. The van der Waals surface area contributed by atoms with Gasteiger partial charge < -0.3 is 14.6 Å². The molecule has 11 nitrogen and oxygen atoms in total. The van der Waals surface area contributed by atoms with Gasteiger partial charge in [0.2, 0.25) is 5.91 Å². The van der Waals surface area contributed by atoms with Crippen LogP contribution >= 0.6 is 15.9 Å². The Morgan fingerprint density at radius 2 is 1.72 bits per heavy atom. The maximum absolute atomic E-state index is 13.9. The van der Waals surface area contributed by atoms with Crippen LogP contribution in [0.5, 0.6) is 17.2 Å². The first-order valence-corrected chi connectivity index (χ1v) is 13.0. The molecule has 2 fully saturated rings. The Morgan fingerprint density at radius 1 is 1.00 bits per heavy atom. The number of hydrogen-bond donors (Lipinski definition) is 1. The van der Waals surface area contributed by atoms with E-state index in [0.29, 0.717) is 33.8 Å². The average Bonchev–Trinajstić information content (AvgIpc) is 3.43. The Labute approximate surface area is 231 Å². The Morgan fingerprint density at radius 3 is 2.38 bits per heavy atom. The summed E-state index contributed by atoms with van der Waals surface area (Å²) in [6, 6.07) is 14.6. The lowest BCUT2D eigenvalue weighted by Gasteiger charge is -2.29. The van der Waals surface area contributed by atoms with Crippen molar-refractivity contribution in [3.05, 3.63) is 80.8 Å². The number of non-ortho nitro benzene ring substituents is 1. The highest BCUT2D eigenvalue weighted by molar-refractivity contribution is 9.10. The average molecular weight is 598 g/mol. The third-order valence-corrected chi connectivity index (χ3v) is 7.11. The van der Waals surface area contributed by atoms with E-state index in [9.17, 15) is 24.8 Å². The number of hydrogen-bond acceptors (Lipinski definition) is 9. The van der Waals surface area contributed by atoms with Gasteiger partial charge >= 0.3 is 0 Å². The number of phenolic OH excluding ortho intramolecular Hbond substituents is 1. The number of amides is 2. The fraction of sp³-hybridized carbons (Fsp3) is 0.259. The zero-order valence-electron chi connectivity index (χ0n) is 20.9. The highest BCUT2D eigenvalue weighted by atomic mass is 79.9. The maximum atomic E-state index is 13.9. The van der Waals surface area contributed by atoms with Gasteiger partial charge in [0.05, 0.1) is 40.0 Å². The third kappa shape index (κ3) is 4.66. The van der Waals surface area contributed by atoms with E-state index in [-0.39, 0.29) is 23.8 Å².